The molecule has 82 valence electrons. The molecule has 5 nitrogen and oxygen atoms in total. The van der Waals surface area contributed by atoms with Crippen molar-refractivity contribution < 1.29 is 9.53 Å². The summed E-state index contributed by atoms with van der Waals surface area (Å²) < 4.78 is 6.19. The minimum atomic E-state index is -0.289. The van der Waals surface area contributed by atoms with Crippen LogP contribution in [-0.2, 0) is 22.5 Å². The number of hydrogen-bond acceptors (Lipinski definition) is 4. The molecule has 2 rings (SSSR count). The number of rotatable bonds is 2. The Morgan fingerprint density at radius 1 is 1.80 bits per heavy atom. The number of ether oxygens (including phenoxy) is 1. The smallest absolute Gasteiger partial charge is 0.327 e. The van der Waals surface area contributed by atoms with Crippen molar-refractivity contribution in [3.05, 3.63) is 17.5 Å². The van der Waals surface area contributed by atoms with Gasteiger partial charge < -0.3 is 10.5 Å². The van der Waals surface area contributed by atoms with Crippen molar-refractivity contribution in [2.45, 2.75) is 31.8 Å². The Hall–Kier alpha value is -1.36. The number of aryl methyl sites for hydroxylation is 1. The molecule has 1 heterocycles. The summed E-state index contributed by atoms with van der Waals surface area (Å²) >= 11 is 0. The minimum Gasteiger partial charge on any atom is -0.468 e. The molecule has 0 saturated heterocycles. The number of hydrogen-bond donors (Lipinski definition) is 1. The van der Waals surface area contributed by atoms with E-state index in [1.54, 1.807) is 4.68 Å². The summed E-state index contributed by atoms with van der Waals surface area (Å²) in [6.45, 7) is 0.163. The van der Waals surface area contributed by atoms with Crippen LogP contribution in [0.4, 0.5) is 0 Å². The fourth-order valence-electron chi connectivity index (χ4n) is 1.91. The lowest BCUT2D eigenvalue weighted by molar-refractivity contribution is -0.141. The number of nitrogens with zero attached hydrogens (tertiary/aromatic N) is 2. The first-order valence-corrected chi connectivity index (χ1v) is 5.09. The minimum absolute atomic E-state index is 0.0210. The number of carbonyl (C=O) groups excluding carboxylic acids is 1. The third-order valence-electron chi connectivity index (χ3n) is 2.70. The summed E-state index contributed by atoms with van der Waals surface area (Å²) in [5.41, 5.74) is 8.03. The van der Waals surface area contributed by atoms with Crippen molar-refractivity contribution in [1.82, 2.24) is 9.78 Å². The maximum absolute atomic E-state index is 11.1. The number of esters is 1. The molecule has 0 aromatic carbocycles. The maximum Gasteiger partial charge on any atom is 0.327 e. The van der Waals surface area contributed by atoms with E-state index in [4.69, 9.17) is 5.73 Å². The van der Waals surface area contributed by atoms with E-state index >= 15 is 0 Å². The fraction of sp³-hybridized carbons (Fsp3) is 0.600. The van der Waals surface area contributed by atoms with Gasteiger partial charge in [-0.2, -0.15) is 5.10 Å². The average Bonchev–Trinajstić information content (AvgIpc) is 2.62. The summed E-state index contributed by atoms with van der Waals surface area (Å²) in [5.74, 6) is -0.289. The zero-order chi connectivity index (χ0) is 10.8. The zero-order valence-electron chi connectivity index (χ0n) is 8.77. The molecule has 0 spiro atoms. The van der Waals surface area contributed by atoms with Crippen LogP contribution in [0.3, 0.4) is 0 Å². The number of nitrogens with two attached hydrogens (primary N) is 1. The summed E-state index contributed by atoms with van der Waals surface area (Å²) in [7, 11) is 1.37. The second-order valence-corrected chi connectivity index (χ2v) is 3.81. The van der Waals surface area contributed by atoms with Crippen molar-refractivity contribution >= 4 is 5.97 Å². The van der Waals surface area contributed by atoms with Crippen molar-refractivity contribution in [2.24, 2.45) is 5.73 Å². The lowest BCUT2D eigenvalue weighted by atomic mass is 9.95. The Bertz CT molecular complexity index is 373. The molecule has 1 unspecified atom stereocenters. The molecule has 0 fully saturated rings. The van der Waals surface area contributed by atoms with Gasteiger partial charge in [0.05, 0.1) is 12.8 Å². The number of methoxy groups -OCH3 is 1. The summed E-state index contributed by atoms with van der Waals surface area (Å²) in [6, 6.07) is 0.0210. The van der Waals surface area contributed by atoms with Crippen LogP contribution in [-0.4, -0.2) is 22.9 Å². The van der Waals surface area contributed by atoms with E-state index in [1.807, 2.05) is 6.20 Å². The van der Waals surface area contributed by atoms with Crippen LogP contribution in [0.1, 0.15) is 30.1 Å². The molecule has 0 bridgehead atoms. The number of aromatic nitrogens is 2. The van der Waals surface area contributed by atoms with Crippen LogP contribution in [0.2, 0.25) is 0 Å². The molecule has 1 aromatic rings. The first-order chi connectivity index (χ1) is 7.20. The molecule has 0 amide bonds. The Morgan fingerprint density at radius 3 is 3.27 bits per heavy atom. The SMILES string of the molecule is COC(=O)Cn1cc2c(n1)C(N)CCC2. The third-order valence-corrected chi connectivity index (χ3v) is 2.70. The van der Waals surface area contributed by atoms with Gasteiger partial charge in [-0.1, -0.05) is 0 Å². The normalized spacial score (nSPS) is 19.7. The molecule has 15 heavy (non-hydrogen) atoms. The fourth-order valence-corrected chi connectivity index (χ4v) is 1.91. The maximum atomic E-state index is 11.1. The average molecular weight is 209 g/mol. The van der Waals surface area contributed by atoms with E-state index in [9.17, 15) is 4.79 Å². The first kappa shape index (κ1) is 10.2. The highest BCUT2D eigenvalue weighted by Gasteiger charge is 2.21. The molecule has 5 heteroatoms. The van der Waals surface area contributed by atoms with Gasteiger partial charge in [-0.25, -0.2) is 0 Å². The quantitative estimate of drug-likeness (QED) is 0.715. The van der Waals surface area contributed by atoms with E-state index in [0.29, 0.717) is 0 Å². The van der Waals surface area contributed by atoms with E-state index in [0.717, 1.165) is 30.5 Å². The highest BCUT2D eigenvalue weighted by atomic mass is 16.5. The Morgan fingerprint density at radius 2 is 2.60 bits per heavy atom. The second-order valence-electron chi connectivity index (χ2n) is 3.81. The molecule has 1 aliphatic carbocycles. The lowest BCUT2D eigenvalue weighted by Crippen LogP contribution is -2.17. The topological polar surface area (TPSA) is 70.1 Å². The lowest BCUT2D eigenvalue weighted by Gasteiger charge is -2.15. The van der Waals surface area contributed by atoms with Gasteiger partial charge in [0.15, 0.2) is 0 Å². The highest BCUT2D eigenvalue weighted by molar-refractivity contribution is 5.68. The van der Waals surface area contributed by atoms with Crippen LogP contribution in [0.25, 0.3) is 0 Å². The van der Waals surface area contributed by atoms with Crippen LogP contribution in [0, 0.1) is 0 Å². The van der Waals surface area contributed by atoms with E-state index in [2.05, 4.69) is 9.84 Å². The molecular formula is C10H15N3O2. The van der Waals surface area contributed by atoms with Gasteiger partial charge in [-0.05, 0) is 24.8 Å². The van der Waals surface area contributed by atoms with Crippen LogP contribution >= 0.6 is 0 Å². The van der Waals surface area contributed by atoms with Crippen molar-refractivity contribution in [1.29, 1.82) is 0 Å². The molecule has 1 atom stereocenters. The van der Waals surface area contributed by atoms with Gasteiger partial charge in [-0.15, -0.1) is 0 Å². The summed E-state index contributed by atoms with van der Waals surface area (Å²) in [6.07, 6.45) is 4.97. The van der Waals surface area contributed by atoms with E-state index in [-0.39, 0.29) is 18.6 Å². The predicted molar refractivity (Wildman–Crippen MR) is 54.1 cm³/mol. The van der Waals surface area contributed by atoms with Gasteiger partial charge in [-0.3, -0.25) is 9.48 Å². The van der Waals surface area contributed by atoms with Gasteiger partial charge in [0.1, 0.15) is 6.54 Å². The predicted octanol–water partition coefficient (Wildman–Crippen LogP) is 0.392. The summed E-state index contributed by atoms with van der Waals surface area (Å²) in [4.78, 5) is 11.1. The Labute approximate surface area is 88.2 Å². The number of fused-ring (bicyclic) bond motifs is 1. The second kappa shape index (κ2) is 4.02. The van der Waals surface area contributed by atoms with Crippen molar-refractivity contribution in [2.75, 3.05) is 7.11 Å². The first-order valence-electron chi connectivity index (χ1n) is 5.09. The highest BCUT2D eigenvalue weighted by Crippen LogP contribution is 2.26. The molecule has 1 aliphatic rings. The van der Waals surface area contributed by atoms with Crippen molar-refractivity contribution in [3.63, 3.8) is 0 Å². The third kappa shape index (κ3) is 2.02. The van der Waals surface area contributed by atoms with Crippen LogP contribution in [0.15, 0.2) is 6.20 Å². The monoisotopic (exact) mass is 209 g/mol. The van der Waals surface area contributed by atoms with Crippen molar-refractivity contribution in [3.8, 4) is 0 Å². The molecular weight excluding hydrogens is 194 g/mol. The largest absolute Gasteiger partial charge is 0.468 e. The van der Waals surface area contributed by atoms with E-state index in [1.165, 1.54) is 7.11 Å². The summed E-state index contributed by atoms with van der Waals surface area (Å²) in [5, 5.41) is 4.31. The Kier molecular flexibility index (Phi) is 2.73. The molecule has 0 radical (unpaired) electrons. The standard InChI is InChI=1S/C10H15N3O2/c1-15-9(14)6-13-5-7-3-2-4-8(11)10(7)12-13/h5,8H,2-4,6,11H2,1H3. The van der Waals surface area contributed by atoms with Gasteiger partial charge in [0.2, 0.25) is 0 Å². The molecule has 1 aromatic heterocycles. The van der Waals surface area contributed by atoms with E-state index < -0.39 is 0 Å². The Balaban J connectivity index is 2.18. The molecule has 0 aliphatic heterocycles. The van der Waals surface area contributed by atoms with Crippen LogP contribution in [0.5, 0.6) is 0 Å². The number of carbonyl (C=O) groups is 1. The van der Waals surface area contributed by atoms with Gasteiger partial charge >= 0.3 is 5.97 Å². The van der Waals surface area contributed by atoms with Gasteiger partial charge in [0, 0.05) is 12.2 Å². The van der Waals surface area contributed by atoms with Crippen LogP contribution < -0.4 is 5.73 Å². The van der Waals surface area contributed by atoms with Gasteiger partial charge in [0.25, 0.3) is 0 Å². The zero-order valence-corrected chi connectivity index (χ0v) is 8.77. The molecule has 0 saturated carbocycles. The molecule has 2 N–H and O–H groups in total.